The molecular formula is C22H26N2O3. The highest BCUT2D eigenvalue weighted by Gasteiger charge is 2.14. The molecule has 0 aliphatic rings. The van der Waals surface area contributed by atoms with Crippen molar-refractivity contribution in [1.82, 2.24) is 10.6 Å². The van der Waals surface area contributed by atoms with Gasteiger partial charge < -0.3 is 15.4 Å². The van der Waals surface area contributed by atoms with E-state index in [0.29, 0.717) is 18.7 Å². The van der Waals surface area contributed by atoms with Crippen molar-refractivity contribution in [3.05, 3.63) is 71.4 Å². The monoisotopic (exact) mass is 366 g/mol. The first-order valence-corrected chi connectivity index (χ1v) is 9.23. The molecule has 0 aromatic heterocycles. The Bertz CT molecular complexity index is 768. The predicted octanol–water partition coefficient (Wildman–Crippen LogP) is 3.77. The fraction of sp³-hybridized carbons (Fsp3) is 0.273. The number of carbonyl (C=O) groups is 2. The standard InChI is InChI=1S/C22H26N2O3/c1-3-5-15-27-19-13-11-18(12-14-19)21(25)24-20(22(26)23-4-2)16-17-9-7-6-8-10-17/h6-14,16H,3-5,15H2,1-2H3,(H,23,26)(H,24,25). The van der Waals surface area contributed by atoms with Crippen LogP contribution in [0.15, 0.2) is 60.3 Å². The maximum absolute atomic E-state index is 12.6. The molecule has 0 unspecified atom stereocenters. The highest BCUT2D eigenvalue weighted by Crippen LogP contribution is 2.13. The fourth-order valence-electron chi connectivity index (χ4n) is 2.36. The van der Waals surface area contributed by atoms with Crippen molar-refractivity contribution in [2.24, 2.45) is 0 Å². The topological polar surface area (TPSA) is 67.4 Å². The van der Waals surface area contributed by atoms with Crippen molar-refractivity contribution in [1.29, 1.82) is 0 Å². The van der Waals surface area contributed by atoms with Crippen molar-refractivity contribution < 1.29 is 14.3 Å². The van der Waals surface area contributed by atoms with Crippen LogP contribution in [0.1, 0.15) is 42.6 Å². The molecule has 0 spiro atoms. The van der Waals surface area contributed by atoms with Gasteiger partial charge in [0.25, 0.3) is 11.8 Å². The first kappa shape index (κ1) is 20.2. The molecular weight excluding hydrogens is 340 g/mol. The maximum Gasteiger partial charge on any atom is 0.267 e. The summed E-state index contributed by atoms with van der Waals surface area (Å²) < 4.78 is 5.60. The summed E-state index contributed by atoms with van der Waals surface area (Å²) in [5.41, 5.74) is 1.50. The van der Waals surface area contributed by atoms with Crippen molar-refractivity contribution in [2.75, 3.05) is 13.2 Å². The van der Waals surface area contributed by atoms with Gasteiger partial charge in [0.15, 0.2) is 0 Å². The summed E-state index contributed by atoms with van der Waals surface area (Å²) in [6, 6.07) is 16.3. The number of likely N-dealkylation sites (N-methyl/N-ethyl adjacent to an activating group) is 1. The second-order valence-corrected chi connectivity index (χ2v) is 6.01. The van der Waals surface area contributed by atoms with Gasteiger partial charge in [0, 0.05) is 12.1 Å². The molecule has 5 heteroatoms. The first-order chi connectivity index (χ1) is 13.1. The zero-order valence-electron chi connectivity index (χ0n) is 15.8. The molecule has 2 aromatic rings. The Morgan fingerprint density at radius 3 is 2.33 bits per heavy atom. The van der Waals surface area contributed by atoms with Gasteiger partial charge in [-0.15, -0.1) is 0 Å². The number of rotatable bonds is 9. The van der Waals surface area contributed by atoms with E-state index in [9.17, 15) is 9.59 Å². The van der Waals surface area contributed by atoms with Crippen LogP contribution in [-0.4, -0.2) is 25.0 Å². The molecule has 5 nitrogen and oxygen atoms in total. The summed E-state index contributed by atoms with van der Waals surface area (Å²) in [6.45, 7) is 5.07. The quantitative estimate of drug-likeness (QED) is 0.524. The van der Waals surface area contributed by atoms with Crippen LogP contribution in [0, 0.1) is 0 Å². The van der Waals surface area contributed by atoms with Gasteiger partial charge in [-0.2, -0.15) is 0 Å². The predicted molar refractivity (Wildman–Crippen MR) is 107 cm³/mol. The van der Waals surface area contributed by atoms with E-state index in [-0.39, 0.29) is 17.5 Å². The number of hydrogen-bond acceptors (Lipinski definition) is 3. The highest BCUT2D eigenvalue weighted by molar-refractivity contribution is 6.05. The van der Waals surface area contributed by atoms with Gasteiger partial charge in [0.2, 0.25) is 0 Å². The summed E-state index contributed by atoms with van der Waals surface area (Å²) in [5, 5.41) is 5.43. The van der Waals surface area contributed by atoms with Gasteiger partial charge in [-0.3, -0.25) is 9.59 Å². The third-order valence-electron chi connectivity index (χ3n) is 3.82. The largest absolute Gasteiger partial charge is 0.494 e. The number of unbranched alkanes of at least 4 members (excludes halogenated alkanes) is 1. The Kier molecular flexibility index (Phi) is 8.10. The zero-order valence-corrected chi connectivity index (χ0v) is 15.8. The van der Waals surface area contributed by atoms with Crippen molar-refractivity contribution in [2.45, 2.75) is 26.7 Å². The Hall–Kier alpha value is -3.08. The molecule has 0 bridgehead atoms. The molecule has 0 heterocycles. The van der Waals surface area contributed by atoms with Crippen LogP contribution in [-0.2, 0) is 4.79 Å². The van der Waals surface area contributed by atoms with E-state index in [1.54, 1.807) is 30.3 Å². The lowest BCUT2D eigenvalue weighted by Crippen LogP contribution is -2.34. The van der Waals surface area contributed by atoms with Gasteiger partial charge in [0.1, 0.15) is 11.4 Å². The van der Waals surface area contributed by atoms with Crippen LogP contribution in [0.2, 0.25) is 0 Å². The van der Waals surface area contributed by atoms with Gasteiger partial charge in [-0.1, -0.05) is 43.7 Å². The Morgan fingerprint density at radius 2 is 1.70 bits per heavy atom. The van der Waals surface area contributed by atoms with Crippen LogP contribution in [0.4, 0.5) is 0 Å². The number of ether oxygens (including phenoxy) is 1. The number of nitrogens with one attached hydrogen (secondary N) is 2. The average Bonchev–Trinajstić information content (AvgIpc) is 2.69. The van der Waals surface area contributed by atoms with E-state index in [2.05, 4.69) is 17.6 Å². The summed E-state index contributed by atoms with van der Waals surface area (Å²) >= 11 is 0. The highest BCUT2D eigenvalue weighted by atomic mass is 16.5. The molecule has 27 heavy (non-hydrogen) atoms. The molecule has 0 radical (unpaired) electrons. The van der Waals surface area contributed by atoms with Crippen LogP contribution in [0.25, 0.3) is 6.08 Å². The molecule has 0 fully saturated rings. The minimum Gasteiger partial charge on any atom is -0.494 e. The number of benzene rings is 2. The van der Waals surface area contributed by atoms with E-state index < -0.39 is 0 Å². The second kappa shape index (κ2) is 10.8. The SMILES string of the molecule is CCCCOc1ccc(C(=O)NC(=Cc2ccccc2)C(=O)NCC)cc1. The van der Waals surface area contributed by atoms with Crippen LogP contribution < -0.4 is 15.4 Å². The lowest BCUT2D eigenvalue weighted by Gasteiger charge is -2.11. The van der Waals surface area contributed by atoms with E-state index >= 15 is 0 Å². The minimum atomic E-state index is -0.344. The Labute approximate surface area is 160 Å². The van der Waals surface area contributed by atoms with E-state index in [4.69, 9.17) is 4.74 Å². The zero-order chi connectivity index (χ0) is 19.5. The van der Waals surface area contributed by atoms with E-state index in [0.717, 1.165) is 24.2 Å². The van der Waals surface area contributed by atoms with Crippen LogP contribution in [0.5, 0.6) is 5.75 Å². The smallest absolute Gasteiger partial charge is 0.267 e. The molecule has 2 N–H and O–H groups in total. The second-order valence-electron chi connectivity index (χ2n) is 6.01. The normalized spacial score (nSPS) is 11.0. The molecule has 2 amide bonds. The Morgan fingerprint density at radius 1 is 1.00 bits per heavy atom. The lowest BCUT2D eigenvalue weighted by atomic mass is 10.1. The van der Waals surface area contributed by atoms with Crippen molar-refractivity contribution in [3.63, 3.8) is 0 Å². The molecule has 0 atom stereocenters. The number of hydrogen-bond donors (Lipinski definition) is 2. The summed E-state index contributed by atoms with van der Waals surface area (Å²) in [7, 11) is 0. The van der Waals surface area contributed by atoms with Crippen molar-refractivity contribution >= 4 is 17.9 Å². The maximum atomic E-state index is 12.6. The third-order valence-corrected chi connectivity index (χ3v) is 3.82. The fourth-order valence-corrected chi connectivity index (χ4v) is 2.36. The summed E-state index contributed by atoms with van der Waals surface area (Å²) in [6.07, 6.45) is 3.71. The van der Waals surface area contributed by atoms with Crippen molar-refractivity contribution in [3.8, 4) is 5.75 Å². The molecule has 0 aliphatic carbocycles. The molecule has 2 rings (SSSR count). The molecule has 2 aromatic carbocycles. The molecule has 0 saturated heterocycles. The first-order valence-electron chi connectivity index (χ1n) is 9.23. The molecule has 142 valence electrons. The van der Waals surface area contributed by atoms with Gasteiger partial charge in [0.05, 0.1) is 6.61 Å². The van der Waals surface area contributed by atoms with E-state index in [1.165, 1.54) is 0 Å². The van der Waals surface area contributed by atoms with Gasteiger partial charge >= 0.3 is 0 Å². The summed E-state index contributed by atoms with van der Waals surface area (Å²) in [5.74, 6) is 0.0570. The third kappa shape index (κ3) is 6.62. The number of carbonyl (C=O) groups excluding carboxylic acids is 2. The summed E-state index contributed by atoms with van der Waals surface area (Å²) in [4.78, 5) is 24.9. The van der Waals surface area contributed by atoms with Gasteiger partial charge in [-0.25, -0.2) is 0 Å². The van der Waals surface area contributed by atoms with Crippen LogP contribution in [0.3, 0.4) is 0 Å². The number of amides is 2. The lowest BCUT2D eigenvalue weighted by molar-refractivity contribution is -0.117. The Balaban J connectivity index is 2.11. The van der Waals surface area contributed by atoms with E-state index in [1.807, 2.05) is 37.3 Å². The molecule has 0 aliphatic heterocycles. The van der Waals surface area contributed by atoms with Gasteiger partial charge in [-0.05, 0) is 49.2 Å². The average molecular weight is 366 g/mol. The minimum absolute atomic E-state index is 0.205. The van der Waals surface area contributed by atoms with Crippen LogP contribution >= 0.6 is 0 Å². The molecule has 0 saturated carbocycles.